The molecule has 0 aliphatic rings. The van der Waals surface area contributed by atoms with Crippen LogP contribution in [-0.2, 0) is 13.0 Å². The van der Waals surface area contributed by atoms with Gasteiger partial charge in [0.1, 0.15) is 12.4 Å². The maximum Gasteiger partial charge on any atom is 0.284 e. The lowest BCUT2D eigenvalue weighted by molar-refractivity contribution is -0.384. The Kier molecular flexibility index (Phi) is 4.88. The van der Waals surface area contributed by atoms with Crippen molar-refractivity contribution in [1.29, 1.82) is 0 Å². The average molecular weight is 436 g/mol. The van der Waals surface area contributed by atoms with Gasteiger partial charge >= 0.3 is 0 Å². The summed E-state index contributed by atoms with van der Waals surface area (Å²) in [4.78, 5) is 15.5. The summed E-state index contributed by atoms with van der Waals surface area (Å²) in [5.41, 5.74) is 1.98. The summed E-state index contributed by atoms with van der Waals surface area (Å²) in [5.74, 6) is 0.975. The van der Waals surface area contributed by atoms with Crippen LogP contribution in [0.2, 0.25) is 10.0 Å². The van der Waals surface area contributed by atoms with E-state index in [0.717, 1.165) is 5.56 Å². The van der Waals surface area contributed by atoms with Crippen molar-refractivity contribution in [1.82, 2.24) is 19.7 Å². The highest BCUT2D eigenvalue weighted by atomic mass is 35.5. The van der Waals surface area contributed by atoms with Gasteiger partial charge in [0.05, 0.1) is 16.0 Å². The highest BCUT2D eigenvalue weighted by Gasteiger charge is 2.18. The zero-order valence-electron chi connectivity index (χ0n) is 14.1. The van der Waals surface area contributed by atoms with Gasteiger partial charge in [-0.15, -0.1) is 5.10 Å². The zero-order chi connectivity index (χ0) is 19.8. The van der Waals surface area contributed by atoms with Crippen LogP contribution in [0.4, 0.5) is 5.69 Å². The van der Waals surface area contributed by atoms with E-state index in [9.17, 15) is 10.1 Å². The minimum atomic E-state index is -0.452. The molecule has 0 fully saturated rings. The fourth-order valence-corrected chi connectivity index (χ4v) is 3.50. The van der Waals surface area contributed by atoms with Crippen molar-refractivity contribution in [3.63, 3.8) is 0 Å². The van der Waals surface area contributed by atoms with Crippen LogP contribution in [0.15, 0.2) is 40.8 Å². The Morgan fingerprint density at radius 3 is 2.75 bits per heavy atom. The Hall–Kier alpha value is -2.75. The van der Waals surface area contributed by atoms with Gasteiger partial charge in [-0.2, -0.15) is 0 Å². The molecule has 0 bridgehead atoms. The predicted molar refractivity (Wildman–Crippen MR) is 106 cm³/mol. The molecule has 28 heavy (non-hydrogen) atoms. The number of nitrogens with one attached hydrogen (secondary N) is 1. The highest BCUT2D eigenvalue weighted by Crippen LogP contribution is 2.27. The molecule has 142 valence electrons. The van der Waals surface area contributed by atoms with Crippen molar-refractivity contribution in [2.24, 2.45) is 0 Å². The highest BCUT2D eigenvalue weighted by molar-refractivity contribution is 7.71. The van der Waals surface area contributed by atoms with Crippen molar-refractivity contribution in [3.05, 3.63) is 78.7 Å². The molecule has 2 aromatic carbocycles. The number of nitro benzene ring substituents is 1. The van der Waals surface area contributed by atoms with Crippen molar-refractivity contribution >= 4 is 52.1 Å². The number of halogens is 2. The lowest BCUT2D eigenvalue weighted by Crippen LogP contribution is -2.07. The van der Waals surface area contributed by atoms with Crippen LogP contribution in [0.25, 0.3) is 11.0 Å². The number of aromatic amines is 1. The summed E-state index contributed by atoms with van der Waals surface area (Å²) in [7, 11) is 0. The summed E-state index contributed by atoms with van der Waals surface area (Å²) in [6.07, 6.45) is 0.392. The summed E-state index contributed by atoms with van der Waals surface area (Å²) < 4.78 is 7.14. The van der Waals surface area contributed by atoms with Gasteiger partial charge in [-0.3, -0.25) is 10.1 Å². The van der Waals surface area contributed by atoms with Gasteiger partial charge < -0.3 is 8.98 Å². The first-order valence-corrected chi connectivity index (χ1v) is 9.19. The van der Waals surface area contributed by atoms with E-state index in [-0.39, 0.29) is 17.1 Å². The van der Waals surface area contributed by atoms with Crippen molar-refractivity contribution in [2.45, 2.75) is 13.0 Å². The molecule has 4 rings (SSSR count). The Labute approximate surface area is 172 Å². The van der Waals surface area contributed by atoms with Crippen LogP contribution >= 0.6 is 35.4 Å². The van der Waals surface area contributed by atoms with E-state index in [1.807, 2.05) is 6.07 Å². The topological polar surface area (TPSA) is 103 Å². The number of nitro groups is 1. The molecule has 1 N–H and O–H groups in total. The first kappa shape index (κ1) is 18.6. The summed E-state index contributed by atoms with van der Waals surface area (Å²) >= 11 is 17.2. The molecule has 0 saturated carbocycles. The first-order chi connectivity index (χ1) is 13.4. The predicted octanol–water partition coefficient (Wildman–Crippen LogP) is 4.94. The van der Waals surface area contributed by atoms with E-state index in [1.54, 1.807) is 22.8 Å². The number of imidazole rings is 1. The molecular weight excluding hydrogens is 425 g/mol. The van der Waals surface area contributed by atoms with E-state index >= 15 is 0 Å². The monoisotopic (exact) mass is 435 g/mol. The molecule has 2 heterocycles. The van der Waals surface area contributed by atoms with Gasteiger partial charge in [-0.1, -0.05) is 29.3 Å². The van der Waals surface area contributed by atoms with Crippen LogP contribution in [0.3, 0.4) is 0 Å². The number of H-pyrrole nitrogens is 1. The van der Waals surface area contributed by atoms with E-state index in [0.29, 0.717) is 39.2 Å². The molecule has 2 aromatic heterocycles. The third-order valence-electron chi connectivity index (χ3n) is 4.16. The molecule has 0 unspecified atom stereocenters. The second-order valence-electron chi connectivity index (χ2n) is 5.96. The van der Waals surface area contributed by atoms with Gasteiger partial charge in [0.25, 0.3) is 10.5 Å². The smallest absolute Gasteiger partial charge is 0.284 e. The third-order valence-corrected chi connectivity index (χ3v) is 4.92. The first-order valence-electron chi connectivity index (χ1n) is 8.02. The molecule has 11 heteroatoms. The Morgan fingerprint density at radius 2 is 2.07 bits per heavy atom. The second-order valence-corrected chi connectivity index (χ2v) is 7.18. The maximum atomic E-state index is 11.2. The molecule has 0 spiro atoms. The number of hydrogen-bond donors (Lipinski definition) is 1. The van der Waals surface area contributed by atoms with Gasteiger partial charge in [0, 0.05) is 28.6 Å². The van der Waals surface area contributed by atoms with Gasteiger partial charge in [-0.05, 0) is 36.0 Å². The van der Waals surface area contributed by atoms with Crippen molar-refractivity contribution in [3.8, 4) is 0 Å². The molecule has 0 aliphatic heterocycles. The minimum absolute atomic E-state index is 0.0346. The van der Waals surface area contributed by atoms with Crippen LogP contribution in [0.5, 0.6) is 0 Å². The summed E-state index contributed by atoms with van der Waals surface area (Å²) in [6, 6.07) is 9.71. The zero-order valence-corrected chi connectivity index (χ0v) is 16.4. The maximum absolute atomic E-state index is 11.2. The average Bonchev–Trinajstić information content (AvgIpc) is 3.21. The lowest BCUT2D eigenvalue weighted by Gasteiger charge is -2.08. The number of fused-ring (bicyclic) bond motifs is 1. The largest absolute Gasteiger partial charge is 0.412 e. The summed E-state index contributed by atoms with van der Waals surface area (Å²) in [5, 5.41) is 18.8. The quantitative estimate of drug-likeness (QED) is 0.270. The fraction of sp³-hybridized carbons (Fsp3) is 0.118. The molecule has 0 radical (unpaired) electrons. The number of aromatic nitrogens is 4. The molecule has 0 atom stereocenters. The molecule has 4 aromatic rings. The molecular formula is C17H11Cl2N5O3S. The van der Waals surface area contributed by atoms with Gasteiger partial charge in [-0.25, -0.2) is 10.1 Å². The van der Waals surface area contributed by atoms with Crippen LogP contribution in [-0.4, -0.2) is 24.7 Å². The Morgan fingerprint density at radius 1 is 1.25 bits per heavy atom. The van der Waals surface area contributed by atoms with E-state index in [4.69, 9.17) is 39.8 Å². The van der Waals surface area contributed by atoms with Gasteiger partial charge in [0.15, 0.2) is 0 Å². The van der Waals surface area contributed by atoms with Crippen LogP contribution in [0.1, 0.15) is 17.3 Å². The van der Waals surface area contributed by atoms with E-state index in [2.05, 4.69) is 15.2 Å². The third kappa shape index (κ3) is 3.64. The number of non-ortho nitro benzene ring substituents is 1. The minimum Gasteiger partial charge on any atom is -0.412 e. The number of hydrogen-bond acceptors (Lipinski definition) is 6. The second kappa shape index (κ2) is 7.34. The molecule has 0 saturated heterocycles. The van der Waals surface area contributed by atoms with Crippen molar-refractivity contribution < 1.29 is 9.34 Å². The fourth-order valence-electron chi connectivity index (χ4n) is 2.88. The lowest BCUT2D eigenvalue weighted by atomic mass is 10.1. The molecule has 0 amide bonds. The Bertz CT molecular complexity index is 1260. The van der Waals surface area contributed by atoms with E-state index < -0.39 is 4.92 Å². The normalized spacial score (nSPS) is 11.2. The SMILES string of the molecule is O=[N+]([O-])c1ccc2nc(Cc3ccc(Cl)cc3Cl)n(Cc3n[nH]c(=S)o3)c2c1. The standard InChI is InChI=1S/C17H11Cl2N5O3S/c18-10-2-1-9(12(19)6-10)5-15-20-13-4-3-11(24(25)26)7-14(13)23(15)8-16-21-22-17(28)27-16/h1-4,6-7H,5,8H2,(H,22,28). The molecule has 0 aliphatic carbocycles. The van der Waals surface area contributed by atoms with E-state index in [1.165, 1.54) is 12.1 Å². The van der Waals surface area contributed by atoms with Crippen molar-refractivity contribution in [2.75, 3.05) is 0 Å². The Balaban J connectivity index is 1.84. The number of benzene rings is 2. The van der Waals surface area contributed by atoms with Gasteiger partial charge in [0.2, 0.25) is 5.89 Å². The number of rotatable bonds is 5. The van der Waals surface area contributed by atoms with Crippen LogP contribution in [0, 0.1) is 15.0 Å². The van der Waals surface area contributed by atoms with Crippen LogP contribution < -0.4 is 0 Å². The summed E-state index contributed by atoms with van der Waals surface area (Å²) in [6.45, 7) is 0.200. The number of nitrogens with zero attached hydrogens (tertiary/aromatic N) is 4. The molecule has 8 nitrogen and oxygen atoms in total.